The van der Waals surface area contributed by atoms with Crippen molar-refractivity contribution in [3.8, 4) is 0 Å². The van der Waals surface area contributed by atoms with Gasteiger partial charge in [-0.25, -0.2) is 0 Å². The van der Waals surface area contributed by atoms with Gasteiger partial charge in [0.15, 0.2) is 0 Å². The molecule has 1 aromatic carbocycles. The number of nitrogens with one attached hydrogen (secondary N) is 1. The molecule has 19 heavy (non-hydrogen) atoms. The van der Waals surface area contributed by atoms with Gasteiger partial charge in [0.05, 0.1) is 6.10 Å². The van der Waals surface area contributed by atoms with E-state index in [9.17, 15) is 4.79 Å². The SMILES string of the molecule is NC(CCC(=O)NCC1CCCO1)c1ccccc1. The van der Waals surface area contributed by atoms with Gasteiger partial charge >= 0.3 is 0 Å². The quantitative estimate of drug-likeness (QED) is 0.821. The van der Waals surface area contributed by atoms with Gasteiger partial charge in [0.1, 0.15) is 0 Å². The maximum atomic E-state index is 11.7. The van der Waals surface area contributed by atoms with E-state index in [1.165, 1.54) is 0 Å². The number of rotatable bonds is 6. The zero-order valence-corrected chi connectivity index (χ0v) is 11.2. The Balaban J connectivity index is 1.65. The summed E-state index contributed by atoms with van der Waals surface area (Å²) in [7, 11) is 0. The van der Waals surface area contributed by atoms with Crippen molar-refractivity contribution in [2.24, 2.45) is 5.73 Å². The minimum Gasteiger partial charge on any atom is -0.376 e. The van der Waals surface area contributed by atoms with Gasteiger partial charge in [-0.2, -0.15) is 0 Å². The van der Waals surface area contributed by atoms with Crippen molar-refractivity contribution in [3.63, 3.8) is 0 Å². The number of benzene rings is 1. The monoisotopic (exact) mass is 262 g/mol. The van der Waals surface area contributed by atoms with Crippen molar-refractivity contribution in [1.29, 1.82) is 0 Å². The van der Waals surface area contributed by atoms with E-state index in [4.69, 9.17) is 10.5 Å². The molecule has 1 saturated heterocycles. The van der Waals surface area contributed by atoms with Crippen LogP contribution in [0.4, 0.5) is 0 Å². The van der Waals surface area contributed by atoms with Crippen LogP contribution >= 0.6 is 0 Å². The fourth-order valence-electron chi connectivity index (χ4n) is 2.27. The molecule has 0 bridgehead atoms. The Morgan fingerprint density at radius 3 is 2.89 bits per heavy atom. The molecule has 1 fully saturated rings. The van der Waals surface area contributed by atoms with E-state index in [1.807, 2.05) is 30.3 Å². The van der Waals surface area contributed by atoms with Gasteiger partial charge in [0, 0.05) is 25.6 Å². The second kappa shape index (κ2) is 7.26. The molecule has 0 aliphatic carbocycles. The summed E-state index contributed by atoms with van der Waals surface area (Å²) in [6.45, 7) is 1.44. The summed E-state index contributed by atoms with van der Waals surface area (Å²) >= 11 is 0. The van der Waals surface area contributed by atoms with Crippen LogP contribution in [0.2, 0.25) is 0 Å². The van der Waals surface area contributed by atoms with Gasteiger partial charge in [-0.05, 0) is 24.8 Å². The summed E-state index contributed by atoms with van der Waals surface area (Å²) in [5, 5.41) is 2.91. The van der Waals surface area contributed by atoms with Crippen LogP contribution in [0.1, 0.15) is 37.3 Å². The number of hydrogen-bond acceptors (Lipinski definition) is 3. The van der Waals surface area contributed by atoms with E-state index in [1.54, 1.807) is 0 Å². The fraction of sp³-hybridized carbons (Fsp3) is 0.533. The minimum absolute atomic E-state index is 0.0573. The molecule has 0 saturated carbocycles. The van der Waals surface area contributed by atoms with Crippen LogP contribution in [-0.2, 0) is 9.53 Å². The first-order valence-electron chi connectivity index (χ1n) is 6.94. The molecule has 1 amide bonds. The second-order valence-corrected chi connectivity index (χ2v) is 4.99. The van der Waals surface area contributed by atoms with Gasteiger partial charge < -0.3 is 15.8 Å². The maximum Gasteiger partial charge on any atom is 0.220 e. The average Bonchev–Trinajstić information content (AvgIpc) is 2.96. The first kappa shape index (κ1) is 14.0. The van der Waals surface area contributed by atoms with Crippen LogP contribution in [-0.4, -0.2) is 25.2 Å². The molecule has 1 heterocycles. The average molecular weight is 262 g/mol. The lowest BCUT2D eigenvalue weighted by Gasteiger charge is -2.13. The third kappa shape index (κ3) is 4.65. The van der Waals surface area contributed by atoms with Crippen molar-refractivity contribution >= 4 is 5.91 Å². The summed E-state index contributed by atoms with van der Waals surface area (Å²) in [6, 6.07) is 9.81. The Bertz CT molecular complexity index is 388. The summed E-state index contributed by atoms with van der Waals surface area (Å²) in [4.78, 5) is 11.7. The predicted molar refractivity (Wildman–Crippen MR) is 74.6 cm³/mol. The standard InChI is InChI=1S/C15H22N2O2/c16-14(12-5-2-1-3-6-12)8-9-15(18)17-11-13-7-4-10-19-13/h1-3,5-6,13-14H,4,7-11,16H2,(H,17,18). The number of nitrogens with two attached hydrogens (primary N) is 1. The molecule has 0 spiro atoms. The molecular weight excluding hydrogens is 240 g/mol. The van der Waals surface area contributed by atoms with Crippen LogP contribution < -0.4 is 11.1 Å². The predicted octanol–water partition coefficient (Wildman–Crippen LogP) is 1.76. The number of ether oxygens (including phenoxy) is 1. The molecule has 1 aliphatic rings. The largest absolute Gasteiger partial charge is 0.376 e. The fourth-order valence-corrected chi connectivity index (χ4v) is 2.27. The maximum absolute atomic E-state index is 11.7. The second-order valence-electron chi connectivity index (χ2n) is 4.99. The molecule has 1 aromatic rings. The van der Waals surface area contributed by atoms with E-state index in [2.05, 4.69) is 5.32 Å². The molecule has 2 rings (SSSR count). The molecule has 2 unspecified atom stereocenters. The lowest BCUT2D eigenvalue weighted by Crippen LogP contribution is -2.32. The third-order valence-electron chi connectivity index (χ3n) is 3.46. The zero-order valence-electron chi connectivity index (χ0n) is 11.2. The molecular formula is C15H22N2O2. The van der Waals surface area contributed by atoms with E-state index in [-0.39, 0.29) is 18.1 Å². The molecule has 4 nitrogen and oxygen atoms in total. The molecule has 1 aliphatic heterocycles. The van der Waals surface area contributed by atoms with Crippen LogP contribution in [0.3, 0.4) is 0 Å². The summed E-state index contributed by atoms with van der Waals surface area (Å²) in [5.41, 5.74) is 7.14. The Labute approximate surface area is 114 Å². The Kier molecular flexibility index (Phi) is 5.36. The van der Waals surface area contributed by atoms with E-state index >= 15 is 0 Å². The molecule has 0 aromatic heterocycles. The first-order valence-corrected chi connectivity index (χ1v) is 6.94. The third-order valence-corrected chi connectivity index (χ3v) is 3.46. The van der Waals surface area contributed by atoms with Crippen molar-refractivity contribution in [3.05, 3.63) is 35.9 Å². The van der Waals surface area contributed by atoms with Gasteiger partial charge in [-0.3, -0.25) is 4.79 Å². The summed E-state index contributed by atoms with van der Waals surface area (Å²) in [5.74, 6) is 0.0573. The number of amides is 1. The van der Waals surface area contributed by atoms with E-state index in [0.29, 0.717) is 19.4 Å². The number of hydrogen-bond donors (Lipinski definition) is 2. The highest BCUT2D eigenvalue weighted by Crippen LogP contribution is 2.15. The zero-order chi connectivity index (χ0) is 13.5. The Hall–Kier alpha value is -1.39. The van der Waals surface area contributed by atoms with Gasteiger partial charge in [-0.1, -0.05) is 30.3 Å². The lowest BCUT2D eigenvalue weighted by atomic mass is 10.0. The normalized spacial score (nSPS) is 20.2. The van der Waals surface area contributed by atoms with Crippen molar-refractivity contribution in [2.75, 3.05) is 13.2 Å². The highest BCUT2D eigenvalue weighted by molar-refractivity contribution is 5.75. The molecule has 104 valence electrons. The van der Waals surface area contributed by atoms with Gasteiger partial charge in [0.25, 0.3) is 0 Å². The van der Waals surface area contributed by atoms with Crippen molar-refractivity contribution in [1.82, 2.24) is 5.32 Å². The smallest absolute Gasteiger partial charge is 0.220 e. The Morgan fingerprint density at radius 1 is 1.42 bits per heavy atom. The van der Waals surface area contributed by atoms with Crippen molar-refractivity contribution < 1.29 is 9.53 Å². The van der Waals surface area contributed by atoms with Crippen LogP contribution in [0.25, 0.3) is 0 Å². The summed E-state index contributed by atoms with van der Waals surface area (Å²) in [6.07, 6.45) is 3.47. The van der Waals surface area contributed by atoms with Gasteiger partial charge in [-0.15, -0.1) is 0 Å². The first-order chi connectivity index (χ1) is 9.25. The minimum atomic E-state index is -0.0744. The van der Waals surface area contributed by atoms with Crippen LogP contribution in [0.5, 0.6) is 0 Å². The lowest BCUT2D eigenvalue weighted by molar-refractivity contribution is -0.121. The van der Waals surface area contributed by atoms with Gasteiger partial charge in [0.2, 0.25) is 5.91 Å². The number of carbonyl (C=O) groups excluding carboxylic acids is 1. The summed E-state index contributed by atoms with van der Waals surface area (Å²) < 4.78 is 5.46. The van der Waals surface area contributed by atoms with E-state index in [0.717, 1.165) is 25.0 Å². The van der Waals surface area contributed by atoms with E-state index < -0.39 is 0 Å². The molecule has 4 heteroatoms. The number of carbonyl (C=O) groups is 1. The van der Waals surface area contributed by atoms with Crippen LogP contribution in [0.15, 0.2) is 30.3 Å². The molecule has 3 N–H and O–H groups in total. The van der Waals surface area contributed by atoms with Crippen LogP contribution in [0, 0.1) is 0 Å². The Morgan fingerprint density at radius 2 is 2.21 bits per heavy atom. The molecule has 0 radical (unpaired) electrons. The van der Waals surface area contributed by atoms with Crippen molar-refractivity contribution in [2.45, 2.75) is 37.8 Å². The highest BCUT2D eigenvalue weighted by atomic mass is 16.5. The highest BCUT2D eigenvalue weighted by Gasteiger charge is 2.16. The molecule has 2 atom stereocenters. The topological polar surface area (TPSA) is 64.4 Å².